The number of carboxylic acid groups (broad SMARTS) is 1. The number of nitrogens with two attached hydrogens (primary N) is 1. The molecular weight excluding hydrogens is 604 g/mol. The smallest absolute Gasteiger partial charge is 0.339 e. The Balaban J connectivity index is 1.27. The molecule has 7 N–H and O–H groups in total. The van der Waals surface area contributed by atoms with Gasteiger partial charge in [0.05, 0.1) is 22.8 Å². The number of benzene rings is 3. The van der Waals surface area contributed by atoms with Gasteiger partial charge in [-0.25, -0.2) is 9.79 Å². The lowest BCUT2D eigenvalue weighted by molar-refractivity contribution is -0.134. The first-order valence-corrected chi connectivity index (χ1v) is 14.3. The van der Waals surface area contributed by atoms with Gasteiger partial charge < -0.3 is 15.9 Å². The number of nitrogens with one attached hydrogen (secondary N) is 2. The number of carboxylic acids is 1. The number of Topliss-reactive ketones (excluding diaryl/α,β-unsaturated/α-hetero) is 1. The molecule has 0 unspecified atom stereocenters. The van der Waals surface area contributed by atoms with Crippen LogP contribution in [0.3, 0.4) is 0 Å². The molecule has 45 heavy (non-hydrogen) atoms. The van der Waals surface area contributed by atoms with Crippen molar-refractivity contribution in [3.63, 3.8) is 0 Å². The number of allylic oxidation sites excluding steroid dienone is 4. The summed E-state index contributed by atoms with van der Waals surface area (Å²) in [6.45, 7) is 0. The third-order valence-corrected chi connectivity index (χ3v) is 7.25. The van der Waals surface area contributed by atoms with E-state index in [0.717, 1.165) is 18.2 Å². The highest BCUT2D eigenvalue weighted by atomic mass is 32.2. The van der Waals surface area contributed by atoms with E-state index in [0.29, 0.717) is 28.3 Å². The van der Waals surface area contributed by atoms with Crippen LogP contribution < -0.4 is 16.6 Å². The minimum Gasteiger partial charge on any atom is -0.493 e. The van der Waals surface area contributed by atoms with Gasteiger partial charge in [0.1, 0.15) is 10.5 Å². The lowest BCUT2D eigenvalue weighted by Crippen LogP contribution is -2.27. The molecule has 0 aliphatic heterocycles. The molecule has 0 heterocycles. The molecule has 5 rings (SSSR count). The molecule has 0 saturated heterocycles. The maximum atomic E-state index is 13.0. The molecule has 3 aromatic rings. The number of hydrazone groups is 2. The van der Waals surface area contributed by atoms with Crippen molar-refractivity contribution in [3.8, 4) is 0 Å². The third kappa shape index (κ3) is 6.90. The van der Waals surface area contributed by atoms with E-state index in [-0.39, 0.29) is 22.7 Å². The molecule has 226 valence electrons. The molecule has 0 spiro atoms. The number of nitrogens with zero attached hydrogens (tertiary/aromatic N) is 3. The van der Waals surface area contributed by atoms with Gasteiger partial charge in [-0.15, -0.1) is 0 Å². The summed E-state index contributed by atoms with van der Waals surface area (Å²) in [5, 5.41) is 27.6. The summed E-state index contributed by atoms with van der Waals surface area (Å²) < 4.78 is 33.6. The molecule has 15 heteroatoms. The van der Waals surface area contributed by atoms with Crippen molar-refractivity contribution in [2.24, 2.45) is 15.2 Å². The number of hydrogen-bond acceptors (Lipinski definition) is 11. The Kier molecular flexibility index (Phi) is 8.21. The third-order valence-electron chi connectivity index (χ3n) is 6.38. The summed E-state index contributed by atoms with van der Waals surface area (Å²) >= 11 is 0. The summed E-state index contributed by atoms with van der Waals surface area (Å²) in [6, 6.07) is 16.8. The number of aliphatic hydroxyl groups is 1. The lowest BCUT2D eigenvalue weighted by atomic mass is 9.94. The quantitative estimate of drug-likeness (QED) is 0.0401. The van der Waals surface area contributed by atoms with Crippen LogP contribution >= 0.6 is 0 Å². The zero-order valence-corrected chi connectivity index (χ0v) is 23.7. The second-order valence-electron chi connectivity index (χ2n) is 9.50. The number of nitrogen functional groups attached to an aromatic ring is 1. The summed E-state index contributed by atoms with van der Waals surface area (Å²) in [4.78, 5) is 39.2. The van der Waals surface area contributed by atoms with E-state index in [9.17, 15) is 32.5 Å². The van der Waals surface area contributed by atoms with Gasteiger partial charge >= 0.3 is 5.97 Å². The minimum absolute atomic E-state index is 0.130. The number of hydrogen-bond donors (Lipinski definition) is 6. The van der Waals surface area contributed by atoms with Crippen LogP contribution in [-0.2, 0) is 19.7 Å². The van der Waals surface area contributed by atoms with Crippen molar-refractivity contribution in [2.45, 2.75) is 0 Å². The van der Waals surface area contributed by atoms with E-state index in [2.05, 4.69) is 26.0 Å². The minimum atomic E-state index is -4.78. The number of carbonyl (C=O) groups is 3. The van der Waals surface area contributed by atoms with Crippen LogP contribution in [0.4, 0.5) is 22.7 Å². The van der Waals surface area contributed by atoms with E-state index in [1.165, 1.54) is 48.5 Å². The van der Waals surface area contributed by atoms with Crippen LogP contribution in [0.2, 0.25) is 0 Å². The molecule has 0 radical (unpaired) electrons. The van der Waals surface area contributed by atoms with Gasteiger partial charge in [-0.2, -0.15) is 18.6 Å². The van der Waals surface area contributed by atoms with Crippen molar-refractivity contribution < 1.29 is 37.6 Å². The van der Waals surface area contributed by atoms with E-state index in [4.69, 9.17) is 10.8 Å². The van der Waals surface area contributed by atoms with Crippen LogP contribution in [-0.4, -0.2) is 58.0 Å². The van der Waals surface area contributed by atoms with Crippen LogP contribution in [0.15, 0.2) is 111 Å². The normalized spacial score (nSPS) is 16.7. The molecule has 0 amide bonds. The fourth-order valence-electron chi connectivity index (χ4n) is 4.14. The Labute approximate surface area is 255 Å². The van der Waals surface area contributed by atoms with Crippen LogP contribution in [0.25, 0.3) is 6.08 Å². The molecule has 0 fully saturated rings. The first-order valence-electron chi connectivity index (χ1n) is 12.9. The maximum Gasteiger partial charge on any atom is 0.339 e. The second-order valence-corrected chi connectivity index (χ2v) is 10.9. The van der Waals surface area contributed by atoms with Crippen LogP contribution in [0.1, 0.15) is 21.5 Å². The lowest BCUT2D eigenvalue weighted by Gasteiger charge is -2.16. The van der Waals surface area contributed by atoms with Gasteiger partial charge in [-0.05, 0) is 90.5 Å². The highest BCUT2D eigenvalue weighted by Crippen LogP contribution is 2.27. The van der Waals surface area contributed by atoms with Crippen molar-refractivity contribution in [2.75, 3.05) is 16.6 Å². The molecule has 0 aromatic heterocycles. The molecule has 2 aliphatic rings. The van der Waals surface area contributed by atoms with Gasteiger partial charge in [0.15, 0.2) is 11.5 Å². The largest absolute Gasteiger partial charge is 0.493 e. The molecule has 0 atom stereocenters. The van der Waals surface area contributed by atoms with Crippen LogP contribution in [0.5, 0.6) is 0 Å². The first kappa shape index (κ1) is 30.3. The van der Waals surface area contributed by atoms with Gasteiger partial charge in [0, 0.05) is 16.8 Å². The Morgan fingerprint density at radius 2 is 1.47 bits per heavy atom. The monoisotopic (exact) mass is 626 g/mol. The molecule has 0 saturated carbocycles. The van der Waals surface area contributed by atoms with Crippen molar-refractivity contribution in [1.29, 1.82) is 0 Å². The Morgan fingerprint density at radius 3 is 2.11 bits per heavy atom. The highest BCUT2D eigenvalue weighted by Gasteiger charge is 2.33. The highest BCUT2D eigenvalue weighted by molar-refractivity contribution is 7.91. The number of aliphatic hydroxyl groups excluding tert-OH is 1. The predicted octanol–water partition coefficient (Wildman–Crippen LogP) is 3.72. The number of rotatable bonds is 8. The van der Waals surface area contributed by atoms with Gasteiger partial charge in [-0.1, -0.05) is 6.07 Å². The van der Waals surface area contributed by atoms with Crippen molar-refractivity contribution in [3.05, 3.63) is 112 Å². The molecule has 2 aliphatic carbocycles. The summed E-state index contributed by atoms with van der Waals surface area (Å²) in [7, 11) is -4.78. The number of fused-ring (bicyclic) bond motifs is 1. The van der Waals surface area contributed by atoms with E-state index in [1.807, 2.05) is 0 Å². The van der Waals surface area contributed by atoms with Crippen molar-refractivity contribution in [1.82, 2.24) is 0 Å². The number of carbonyl (C=O) groups excluding carboxylic acids is 2. The topological polar surface area (TPSA) is 233 Å². The predicted molar refractivity (Wildman–Crippen MR) is 168 cm³/mol. The Hall–Kier alpha value is -6.19. The fourth-order valence-corrected chi connectivity index (χ4v) is 4.80. The summed E-state index contributed by atoms with van der Waals surface area (Å²) in [5.74, 6) is -3.02. The van der Waals surface area contributed by atoms with Gasteiger partial charge in [-0.3, -0.25) is 25.0 Å². The van der Waals surface area contributed by atoms with Gasteiger partial charge in [0.2, 0.25) is 11.7 Å². The average molecular weight is 627 g/mol. The zero-order chi connectivity index (χ0) is 32.3. The van der Waals surface area contributed by atoms with Crippen LogP contribution in [0, 0.1) is 0 Å². The maximum absolute atomic E-state index is 13.0. The standard InChI is InChI=1S/C30H22N6O8S/c31-18-4-1-17-13-26(45(42,43)44)27(28(38)23(17)14-18)36-34-21-9-7-19(8-10-21)32-29(39)16-2-5-20(6-3-16)33-35-22-11-12-25(37)24(15-22)30(40)41/h1-15,33-34H,31H2,(H,32,39)(H,40,41)(H,42,43,44)/b35-22+,36-27-. The molecular formula is C30H22N6O8S. The molecule has 3 aromatic carbocycles. The Morgan fingerprint density at radius 1 is 0.822 bits per heavy atom. The average Bonchev–Trinajstić information content (AvgIpc) is 3.00. The zero-order valence-electron chi connectivity index (χ0n) is 22.9. The number of ketones is 2. The van der Waals surface area contributed by atoms with E-state index >= 15 is 0 Å². The first-order chi connectivity index (χ1) is 21.4. The van der Waals surface area contributed by atoms with E-state index in [1.54, 1.807) is 24.3 Å². The number of aliphatic imine (C=N–C) groups is 1. The van der Waals surface area contributed by atoms with Crippen molar-refractivity contribution >= 4 is 73.8 Å². The number of anilines is 3. The number of aliphatic carboxylic acids is 1. The molecule has 0 bridgehead atoms. The summed E-state index contributed by atoms with van der Waals surface area (Å²) in [5.41, 5.74) is 12.7. The second kappa shape index (κ2) is 12.2. The Bertz CT molecular complexity index is 2040. The summed E-state index contributed by atoms with van der Waals surface area (Å²) in [6.07, 6.45) is 4.77. The SMILES string of the molecule is Nc1ccc2c(c1)C(=O)/C(=N\Nc1ccc(N=C(O)c3ccc(N/N=C4\C=CC(=O)C(C(=O)O)=C4)cc3)cc1)C(S(=O)(=O)O)=C2. The van der Waals surface area contributed by atoms with E-state index < -0.39 is 43.8 Å². The fraction of sp³-hybridized carbons (Fsp3) is 0. The van der Waals surface area contributed by atoms with Gasteiger partial charge in [0.25, 0.3) is 10.1 Å². The molecule has 14 nitrogen and oxygen atoms in total.